The number of nitrogens with one attached hydrogen (secondary N) is 1. The van der Waals surface area contributed by atoms with Gasteiger partial charge in [-0.1, -0.05) is 0 Å². The average molecular weight is 221 g/mol. The number of aromatic carboxylic acids is 1. The van der Waals surface area contributed by atoms with Crippen LogP contribution in [0.1, 0.15) is 10.5 Å². The second-order valence-electron chi connectivity index (χ2n) is 2.71. The lowest BCUT2D eigenvalue weighted by atomic mass is 10.4. The molecule has 0 aliphatic rings. The number of carboxylic acids is 1. The van der Waals surface area contributed by atoms with E-state index in [0.29, 0.717) is 5.13 Å². The summed E-state index contributed by atoms with van der Waals surface area (Å²) in [7, 11) is 0. The number of pyridine rings is 1. The zero-order chi connectivity index (χ0) is 10.7. The molecule has 0 aliphatic heterocycles. The van der Waals surface area contributed by atoms with Crippen LogP contribution in [0, 0.1) is 0 Å². The van der Waals surface area contributed by atoms with E-state index in [2.05, 4.69) is 15.3 Å². The molecule has 0 spiro atoms. The largest absolute Gasteiger partial charge is 0.476 e. The van der Waals surface area contributed by atoms with Crippen LogP contribution in [0.25, 0.3) is 0 Å². The predicted molar refractivity (Wildman–Crippen MR) is 56.6 cm³/mol. The normalized spacial score (nSPS) is 9.87. The second-order valence-corrected chi connectivity index (χ2v) is 3.57. The molecule has 5 nitrogen and oxygen atoms in total. The first-order chi connectivity index (χ1) is 7.25. The topological polar surface area (TPSA) is 75.1 Å². The Kier molecular flexibility index (Phi) is 2.59. The van der Waals surface area contributed by atoms with Gasteiger partial charge in [0.25, 0.3) is 0 Å². The smallest absolute Gasteiger partial charge is 0.355 e. The van der Waals surface area contributed by atoms with Gasteiger partial charge in [-0.2, -0.15) is 0 Å². The third kappa shape index (κ3) is 2.29. The van der Waals surface area contributed by atoms with Gasteiger partial charge in [0.2, 0.25) is 0 Å². The molecule has 2 aromatic rings. The summed E-state index contributed by atoms with van der Waals surface area (Å²) in [6.07, 6.45) is 3.30. The maximum Gasteiger partial charge on any atom is 0.355 e. The van der Waals surface area contributed by atoms with Crippen molar-refractivity contribution in [1.29, 1.82) is 0 Å². The van der Waals surface area contributed by atoms with Crippen LogP contribution in [-0.4, -0.2) is 21.0 Å². The fourth-order valence-corrected chi connectivity index (χ4v) is 1.69. The highest BCUT2D eigenvalue weighted by Gasteiger charge is 2.08. The van der Waals surface area contributed by atoms with Crippen LogP contribution in [0.5, 0.6) is 0 Å². The zero-order valence-corrected chi connectivity index (χ0v) is 8.36. The molecule has 2 rings (SSSR count). The van der Waals surface area contributed by atoms with E-state index >= 15 is 0 Å². The van der Waals surface area contributed by atoms with Gasteiger partial charge < -0.3 is 10.4 Å². The van der Waals surface area contributed by atoms with Gasteiger partial charge in [-0.25, -0.2) is 9.78 Å². The highest BCUT2D eigenvalue weighted by Crippen LogP contribution is 2.19. The standard InChI is InChI=1S/C9H7N3O2S/c13-8(14)7-5-15-9(12-7)11-6-2-1-3-10-4-6/h1-5H,(H,11,12)(H,13,14). The van der Waals surface area contributed by atoms with Gasteiger partial charge in [0.05, 0.1) is 11.9 Å². The summed E-state index contributed by atoms with van der Waals surface area (Å²) in [6.45, 7) is 0. The minimum absolute atomic E-state index is 0.0476. The Hall–Kier alpha value is -1.95. The van der Waals surface area contributed by atoms with Crippen LogP contribution < -0.4 is 5.32 Å². The maximum atomic E-state index is 10.6. The highest BCUT2D eigenvalue weighted by atomic mass is 32.1. The average Bonchev–Trinajstić information content (AvgIpc) is 2.68. The Morgan fingerprint density at radius 2 is 2.40 bits per heavy atom. The summed E-state index contributed by atoms with van der Waals surface area (Å²) in [5, 5.41) is 13.7. The Morgan fingerprint density at radius 3 is 3.00 bits per heavy atom. The number of nitrogens with zero attached hydrogens (tertiary/aromatic N) is 2. The van der Waals surface area contributed by atoms with Crippen molar-refractivity contribution in [2.75, 3.05) is 5.32 Å². The lowest BCUT2D eigenvalue weighted by molar-refractivity contribution is 0.0691. The number of hydrogen-bond acceptors (Lipinski definition) is 5. The maximum absolute atomic E-state index is 10.6. The molecule has 76 valence electrons. The number of anilines is 2. The summed E-state index contributed by atoms with van der Waals surface area (Å²) in [4.78, 5) is 18.4. The van der Waals surface area contributed by atoms with Crippen LogP contribution in [0.4, 0.5) is 10.8 Å². The molecule has 0 aromatic carbocycles. The molecule has 0 atom stereocenters. The molecule has 0 saturated heterocycles. The van der Waals surface area contributed by atoms with Gasteiger partial charge in [0.15, 0.2) is 10.8 Å². The zero-order valence-electron chi connectivity index (χ0n) is 7.54. The summed E-state index contributed by atoms with van der Waals surface area (Å²) in [5.74, 6) is -1.02. The molecule has 2 aromatic heterocycles. The molecule has 6 heteroatoms. The van der Waals surface area contributed by atoms with Crippen molar-refractivity contribution in [1.82, 2.24) is 9.97 Å². The highest BCUT2D eigenvalue weighted by molar-refractivity contribution is 7.14. The monoisotopic (exact) mass is 221 g/mol. The lowest BCUT2D eigenvalue weighted by Crippen LogP contribution is -1.97. The van der Waals surface area contributed by atoms with Crippen LogP contribution in [0.3, 0.4) is 0 Å². The molecule has 0 radical (unpaired) electrons. The Bertz CT molecular complexity index is 469. The quantitative estimate of drug-likeness (QED) is 0.828. The van der Waals surface area contributed by atoms with E-state index in [4.69, 9.17) is 5.11 Å². The minimum Gasteiger partial charge on any atom is -0.476 e. The summed E-state index contributed by atoms with van der Waals surface area (Å²) in [6, 6.07) is 3.61. The second kappa shape index (κ2) is 4.05. The fourth-order valence-electron chi connectivity index (χ4n) is 0.990. The Balaban J connectivity index is 2.15. The first-order valence-electron chi connectivity index (χ1n) is 4.11. The van der Waals surface area contributed by atoms with E-state index in [-0.39, 0.29) is 5.69 Å². The molecule has 15 heavy (non-hydrogen) atoms. The van der Waals surface area contributed by atoms with Crippen molar-refractivity contribution in [2.45, 2.75) is 0 Å². The van der Waals surface area contributed by atoms with Crippen LogP contribution in [-0.2, 0) is 0 Å². The number of rotatable bonds is 3. The van der Waals surface area contributed by atoms with Gasteiger partial charge in [-0.3, -0.25) is 4.98 Å². The molecule has 2 heterocycles. The van der Waals surface area contributed by atoms with E-state index in [1.165, 1.54) is 16.7 Å². The van der Waals surface area contributed by atoms with Crippen molar-refractivity contribution in [3.63, 3.8) is 0 Å². The van der Waals surface area contributed by atoms with Gasteiger partial charge in [0.1, 0.15) is 0 Å². The molecule has 0 aliphatic carbocycles. The number of hydrogen-bond donors (Lipinski definition) is 2. The predicted octanol–water partition coefficient (Wildman–Crippen LogP) is 1.98. The van der Waals surface area contributed by atoms with Gasteiger partial charge in [-0.05, 0) is 12.1 Å². The van der Waals surface area contributed by atoms with Crippen molar-refractivity contribution in [3.8, 4) is 0 Å². The Labute approximate surface area is 89.4 Å². The van der Waals surface area contributed by atoms with E-state index in [9.17, 15) is 4.79 Å². The summed E-state index contributed by atoms with van der Waals surface area (Å²) < 4.78 is 0. The van der Waals surface area contributed by atoms with E-state index in [0.717, 1.165) is 5.69 Å². The van der Waals surface area contributed by atoms with E-state index in [1.54, 1.807) is 18.5 Å². The lowest BCUT2D eigenvalue weighted by Gasteiger charge is -1.99. The molecule has 0 saturated carbocycles. The fraction of sp³-hybridized carbons (Fsp3) is 0. The van der Waals surface area contributed by atoms with Gasteiger partial charge >= 0.3 is 5.97 Å². The minimum atomic E-state index is -1.02. The third-order valence-corrected chi connectivity index (χ3v) is 2.39. The van der Waals surface area contributed by atoms with E-state index in [1.807, 2.05) is 6.07 Å². The summed E-state index contributed by atoms with van der Waals surface area (Å²) >= 11 is 1.24. The van der Waals surface area contributed by atoms with Crippen LogP contribution in [0.15, 0.2) is 29.9 Å². The molecule has 0 fully saturated rings. The molecular weight excluding hydrogens is 214 g/mol. The first kappa shape index (κ1) is 9.60. The SMILES string of the molecule is O=C(O)c1csc(Nc2cccnc2)n1. The summed E-state index contributed by atoms with van der Waals surface area (Å²) in [5.41, 5.74) is 0.829. The van der Waals surface area contributed by atoms with Crippen LogP contribution in [0.2, 0.25) is 0 Å². The number of carbonyl (C=O) groups is 1. The van der Waals surface area contributed by atoms with Gasteiger partial charge in [-0.15, -0.1) is 11.3 Å². The van der Waals surface area contributed by atoms with Gasteiger partial charge in [0, 0.05) is 11.6 Å². The molecule has 2 N–H and O–H groups in total. The third-order valence-electron chi connectivity index (χ3n) is 1.64. The molecular formula is C9H7N3O2S. The molecule has 0 bridgehead atoms. The molecule has 0 amide bonds. The van der Waals surface area contributed by atoms with Crippen molar-refractivity contribution in [2.24, 2.45) is 0 Å². The number of thiazole rings is 1. The first-order valence-corrected chi connectivity index (χ1v) is 4.99. The number of carboxylic acid groups (broad SMARTS) is 1. The van der Waals surface area contributed by atoms with Crippen molar-refractivity contribution in [3.05, 3.63) is 35.6 Å². The van der Waals surface area contributed by atoms with Crippen molar-refractivity contribution >= 4 is 28.1 Å². The molecule has 0 unspecified atom stereocenters. The Morgan fingerprint density at radius 1 is 1.53 bits per heavy atom. The van der Waals surface area contributed by atoms with Crippen LogP contribution >= 0.6 is 11.3 Å². The van der Waals surface area contributed by atoms with Crippen molar-refractivity contribution < 1.29 is 9.90 Å². The van der Waals surface area contributed by atoms with E-state index < -0.39 is 5.97 Å². The number of aromatic nitrogens is 2.